The van der Waals surface area contributed by atoms with E-state index < -0.39 is 0 Å². The highest BCUT2D eigenvalue weighted by Crippen LogP contribution is 2.27. The fraction of sp³-hybridized carbons (Fsp3) is 1.00. The van der Waals surface area contributed by atoms with Crippen molar-refractivity contribution < 1.29 is 0 Å². The molecule has 19 heavy (non-hydrogen) atoms. The first-order valence-corrected chi connectivity index (χ1v) is 8.71. The molecule has 2 saturated carbocycles. The molecule has 0 spiro atoms. The Labute approximate surface area is 120 Å². The van der Waals surface area contributed by atoms with E-state index in [4.69, 9.17) is 0 Å². The van der Waals surface area contributed by atoms with E-state index in [-0.39, 0.29) is 0 Å². The lowest BCUT2D eigenvalue weighted by Crippen LogP contribution is -2.43. The highest BCUT2D eigenvalue weighted by Gasteiger charge is 2.24. The van der Waals surface area contributed by atoms with Gasteiger partial charge in [0.2, 0.25) is 0 Å². The third-order valence-electron chi connectivity index (χ3n) is 5.39. The van der Waals surface area contributed by atoms with E-state index in [0.29, 0.717) is 0 Å². The van der Waals surface area contributed by atoms with Crippen molar-refractivity contribution >= 4 is 0 Å². The summed E-state index contributed by atoms with van der Waals surface area (Å²) in [5.74, 6) is 0.900. The van der Waals surface area contributed by atoms with Gasteiger partial charge in [-0.2, -0.15) is 0 Å². The zero-order chi connectivity index (χ0) is 13.5. The molecule has 112 valence electrons. The van der Waals surface area contributed by atoms with Crippen molar-refractivity contribution in [1.82, 2.24) is 10.2 Å². The van der Waals surface area contributed by atoms with E-state index in [1.54, 1.807) is 0 Å². The normalized spacial score (nSPS) is 30.5. The van der Waals surface area contributed by atoms with Gasteiger partial charge in [-0.1, -0.05) is 45.4 Å². The fourth-order valence-electron chi connectivity index (χ4n) is 4.05. The van der Waals surface area contributed by atoms with E-state index in [9.17, 15) is 0 Å². The standard InChI is InChI=1S/C17H34N2/c1-15-9-7-8-12-17(15)19(2)14-13-18-16-10-5-3-4-6-11-16/h15-18H,3-14H2,1-2H3. The first-order chi connectivity index (χ1) is 9.27. The van der Waals surface area contributed by atoms with Crippen molar-refractivity contribution in [2.24, 2.45) is 5.92 Å². The molecule has 0 aromatic rings. The van der Waals surface area contributed by atoms with E-state index in [0.717, 1.165) is 18.0 Å². The van der Waals surface area contributed by atoms with Crippen LogP contribution >= 0.6 is 0 Å². The van der Waals surface area contributed by atoms with Gasteiger partial charge in [-0.25, -0.2) is 0 Å². The number of likely N-dealkylation sites (N-methyl/N-ethyl adjacent to an activating group) is 1. The molecule has 0 radical (unpaired) electrons. The quantitative estimate of drug-likeness (QED) is 0.761. The maximum Gasteiger partial charge on any atom is 0.0118 e. The van der Waals surface area contributed by atoms with Gasteiger partial charge in [0.05, 0.1) is 0 Å². The van der Waals surface area contributed by atoms with E-state index >= 15 is 0 Å². The van der Waals surface area contributed by atoms with Crippen molar-refractivity contribution in [2.45, 2.75) is 83.2 Å². The SMILES string of the molecule is CC1CCCCC1N(C)CCNC1CCCCCC1. The summed E-state index contributed by atoms with van der Waals surface area (Å²) in [4.78, 5) is 2.62. The minimum absolute atomic E-state index is 0.805. The van der Waals surface area contributed by atoms with Gasteiger partial charge in [0.1, 0.15) is 0 Å². The molecule has 2 fully saturated rings. The molecule has 0 heterocycles. The van der Waals surface area contributed by atoms with Crippen LogP contribution < -0.4 is 5.32 Å². The molecule has 0 bridgehead atoms. The number of nitrogens with one attached hydrogen (secondary N) is 1. The topological polar surface area (TPSA) is 15.3 Å². The van der Waals surface area contributed by atoms with Gasteiger partial charge in [-0.15, -0.1) is 0 Å². The molecule has 2 nitrogen and oxygen atoms in total. The van der Waals surface area contributed by atoms with Gasteiger partial charge in [0.15, 0.2) is 0 Å². The smallest absolute Gasteiger partial charge is 0.0118 e. The minimum atomic E-state index is 0.805. The monoisotopic (exact) mass is 266 g/mol. The van der Waals surface area contributed by atoms with Crippen LogP contribution in [0.1, 0.15) is 71.1 Å². The van der Waals surface area contributed by atoms with Crippen molar-refractivity contribution in [2.75, 3.05) is 20.1 Å². The van der Waals surface area contributed by atoms with Crippen molar-refractivity contribution in [3.63, 3.8) is 0 Å². The van der Waals surface area contributed by atoms with Gasteiger partial charge in [-0.3, -0.25) is 0 Å². The second-order valence-electron chi connectivity index (χ2n) is 6.95. The Bertz CT molecular complexity index is 233. The summed E-state index contributed by atoms with van der Waals surface area (Å²) in [6, 6.07) is 1.64. The molecule has 2 aliphatic carbocycles. The maximum absolute atomic E-state index is 3.80. The Morgan fingerprint density at radius 1 is 0.895 bits per heavy atom. The van der Waals surface area contributed by atoms with Crippen LogP contribution in [0.5, 0.6) is 0 Å². The molecule has 0 aromatic carbocycles. The molecule has 2 unspecified atom stereocenters. The highest BCUT2D eigenvalue weighted by atomic mass is 15.1. The average Bonchev–Trinajstić information content (AvgIpc) is 2.68. The largest absolute Gasteiger partial charge is 0.313 e. The van der Waals surface area contributed by atoms with E-state index in [2.05, 4.69) is 24.2 Å². The highest BCUT2D eigenvalue weighted by molar-refractivity contribution is 4.80. The van der Waals surface area contributed by atoms with Crippen molar-refractivity contribution in [3.05, 3.63) is 0 Å². The van der Waals surface area contributed by atoms with E-state index in [1.807, 2.05) is 0 Å². The van der Waals surface area contributed by atoms with Crippen LogP contribution in [0.2, 0.25) is 0 Å². The number of hydrogen-bond acceptors (Lipinski definition) is 2. The lowest BCUT2D eigenvalue weighted by atomic mass is 9.85. The Balaban J connectivity index is 1.63. The molecule has 0 saturated heterocycles. The lowest BCUT2D eigenvalue weighted by Gasteiger charge is -2.36. The first kappa shape index (κ1) is 15.3. The molecular formula is C17H34N2. The Morgan fingerprint density at radius 2 is 1.53 bits per heavy atom. The summed E-state index contributed by atoms with van der Waals surface area (Å²) in [7, 11) is 2.33. The Morgan fingerprint density at radius 3 is 2.21 bits per heavy atom. The molecule has 0 aliphatic heterocycles. The molecule has 2 aliphatic rings. The van der Waals surface area contributed by atoms with E-state index in [1.165, 1.54) is 77.3 Å². The van der Waals surface area contributed by atoms with Crippen LogP contribution in [0.3, 0.4) is 0 Å². The Hall–Kier alpha value is -0.0800. The number of hydrogen-bond donors (Lipinski definition) is 1. The zero-order valence-electron chi connectivity index (χ0n) is 13.2. The fourth-order valence-corrected chi connectivity index (χ4v) is 4.05. The van der Waals surface area contributed by atoms with Gasteiger partial charge in [0.25, 0.3) is 0 Å². The Kier molecular flexibility index (Phi) is 6.66. The third kappa shape index (κ3) is 5.07. The molecule has 0 amide bonds. The van der Waals surface area contributed by atoms with Gasteiger partial charge in [-0.05, 0) is 38.6 Å². The van der Waals surface area contributed by atoms with Crippen LogP contribution in [-0.4, -0.2) is 37.1 Å². The molecule has 1 N–H and O–H groups in total. The van der Waals surface area contributed by atoms with Crippen molar-refractivity contribution in [3.8, 4) is 0 Å². The zero-order valence-corrected chi connectivity index (χ0v) is 13.2. The molecular weight excluding hydrogens is 232 g/mol. The summed E-state index contributed by atoms with van der Waals surface area (Å²) in [6.45, 7) is 4.86. The van der Waals surface area contributed by atoms with Crippen LogP contribution in [0.4, 0.5) is 0 Å². The average molecular weight is 266 g/mol. The second-order valence-corrected chi connectivity index (χ2v) is 6.95. The predicted molar refractivity (Wildman–Crippen MR) is 83.5 cm³/mol. The van der Waals surface area contributed by atoms with Gasteiger partial charge >= 0.3 is 0 Å². The number of rotatable bonds is 5. The molecule has 2 heteroatoms. The van der Waals surface area contributed by atoms with Crippen LogP contribution in [0.25, 0.3) is 0 Å². The van der Waals surface area contributed by atoms with Crippen LogP contribution in [0, 0.1) is 5.92 Å². The molecule has 2 rings (SSSR count). The molecule has 2 atom stereocenters. The lowest BCUT2D eigenvalue weighted by molar-refractivity contribution is 0.139. The van der Waals surface area contributed by atoms with Gasteiger partial charge < -0.3 is 10.2 Å². The summed E-state index contributed by atoms with van der Waals surface area (Å²) in [6.07, 6.45) is 14.3. The van der Waals surface area contributed by atoms with Crippen LogP contribution in [0.15, 0.2) is 0 Å². The third-order valence-corrected chi connectivity index (χ3v) is 5.39. The maximum atomic E-state index is 3.80. The van der Waals surface area contributed by atoms with Crippen LogP contribution in [-0.2, 0) is 0 Å². The summed E-state index contributed by atoms with van der Waals surface area (Å²) >= 11 is 0. The van der Waals surface area contributed by atoms with Crippen molar-refractivity contribution in [1.29, 1.82) is 0 Å². The summed E-state index contributed by atoms with van der Waals surface area (Å²) in [5.41, 5.74) is 0. The first-order valence-electron chi connectivity index (χ1n) is 8.71. The predicted octanol–water partition coefficient (Wildman–Crippen LogP) is 3.81. The minimum Gasteiger partial charge on any atom is -0.313 e. The number of nitrogens with zero attached hydrogens (tertiary/aromatic N) is 1. The van der Waals surface area contributed by atoms with Gasteiger partial charge in [0, 0.05) is 25.2 Å². The summed E-state index contributed by atoms with van der Waals surface area (Å²) in [5, 5.41) is 3.80. The molecule has 0 aromatic heterocycles. The second kappa shape index (κ2) is 8.26. The summed E-state index contributed by atoms with van der Waals surface area (Å²) < 4.78 is 0.